The molecule has 0 spiro atoms. The van der Waals surface area contributed by atoms with Crippen LogP contribution in [-0.2, 0) is 9.53 Å². The van der Waals surface area contributed by atoms with Crippen LogP contribution in [0, 0.1) is 0 Å². The van der Waals surface area contributed by atoms with Gasteiger partial charge in [-0.1, -0.05) is 12.8 Å². The molecule has 1 amide bonds. The van der Waals surface area contributed by atoms with Crippen LogP contribution in [0.3, 0.4) is 0 Å². The first-order valence-electron chi connectivity index (χ1n) is 7.97. The van der Waals surface area contributed by atoms with Crippen molar-refractivity contribution < 1.29 is 9.53 Å². The number of aliphatic imine (C=N–C) groups is 1. The molecule has 6 nitrogen and oxygen atoms in total. The predicted octanol–water partition coefficient (Wildman–Crippen LogP) is 1.60. The van der Waals surface area contributed by atoms with Crippen molar-refractivity contribution in [1.29, 1.82) is 0 Å². The lowest BCUT2D eigenvalue weighted by molar-refractivity contribution is -0.127. The van der Waals surface area contributed by atoms with E-state index in [4.69, 9.17) is 4.74 Å². The predicted molar refractivity (Wildman–Crippen MR) is 101 cm³/mol. The Hall–Kier alpha value is -0.570. The topological polar surface area (TPSA) is 66.0 Å². The highest BCUT2D eigenvalue weighted by atomic mass is 127. The molecule has 1 fully saturated rings. The molecule has 0 aromatic rings. The molecule has 0 radical (unpaired) electrons. The SMILES string of the molecule is CCNC(=NCC(=O)N(C)C)NCCCOC1CCCC1.I. The van der Waals surface area contributed by atoms with E-state index in [1.807, 2.05) is 6.92 Å². The van der Waals surface area contributed by atoms with Crippen LogP contribution in [0.2, 0.25) is 0 Å². The Kier molecular flexibility index (Phi) is 12.6. The third kappa shape index (κ3) is 9.45. The fourth-order valence-electron chi connectivity index (χ4n) is 2.21. The third-order valence-corrected chi connectivity index (χ3v) is 3.48. The van der Waals surface area contributed by atoms with Gasteiger partial charge in [0.25, 0.3) is 0 Å². The van der Waals surface area contributed by atoms with E-state index in [1.54, 1.807) is 19.0 Å². The maximum Gasteiger partial charge on any atom is 0.243 e. The van der Waals surface area contributed by atoms with Crippen molar-refractivity contribution in [3.8, 4) is 0 Å². The summed E-state index contributed by atoms with van der Waals surface area (Å²) < 4.78 is 5.81. The zero-order valence-corrected chi connectivity index (χ0v) is 16.4. The van der Waals surface area contributed by atoms with Crippen molar-refractivity contribution in [2.45, 2.75) is 45.1 Å². The molecule has 1 saturated carbocycles. The van der Waals surface area contributed by atoms with Gasteiger partial charge in [0.15, 0.2) is 5.96 Å². The molecule has 0 saturated heterocycles. The van der Waals surface area contributed by atoms with Crippen LogP contribution in [0.15, 0.2) is 4.99 Å². The van der Waals surface area contributed by atoms with Gasteiger partial charge in [-0.2, -0.15) is 0 Å². The van der Waals surface area contributed by atoms with Crippen LogP contribution in [0.1, 0.15) is 39.0 Å². The summed E-state index contributed by atoms with van der Waals surface area (Å²) in [4.78, 5) is 17.3. The van der Waals surface area contributed by atoms with E-state index in [1.165, 1.54) is 25.7 Å². The molecule has 1 rings (SSSR count). The van der Waals surface area contributed by atoms with Crippen LogP contribution in [-0.4, -0.2) is 63.2 Å². The number of carbonyl (C=O) groups excluding carboxylic acids is 1. The van der Waals surface area contributed by atoms with Crippen LogP contribution in [0.4, 0.5) is 0 Å². The Morgan fingerprint density at radius 2 is 1.95 bits per heavy atom. The first-order chi connectivity index (χ1) is 10.1. The summed E-state index contributed by atoms with van der Waals surface area (Å²) in [5.74, 6) is 0.685. The number of guanidine groups is 1. The second-order valence-corrected chi connectivity index (χ2v) is 5.54. The second kappa shape index (κ2) is 12.9. The number of halogens is 1. The van der Waals surface area contributed by atoms with Crippen LogP contribution < -0.4 is 10.6 Å². The van der Waals surface area contributed by atoms with Crippen molar-refractivity contribution in [2.24, 2.45) is 4.99 Å². The molecular formula is C15H31IN4O2. The smallest absolute Gasteiger partial charge is 0.243 e. The van der Waals surface area contributed by atoms with Crippen LogP contribution >= 0.6 is 24.0 Å². The van der Waals surface area contributed by atoms with Crippen molar-refractivity contribution in [3.63, 3.8) is 0 Å². The molecule has 7 heteroatoms. The molecule has 0 aliphatic heterocycles. The largest absolute Gasteiger partial charge is 0.378 e. The molecule has 0 heterocycles. The van der Waals surface area contributed by atoms with Gasteiger partial charge in [-0.3, -0.25) is 4.79 Å². The minimum Gasteiger partial charge on any atom is -0.378 e. The molecule has 0 aromatic carbocycles. The lowest BCUT2D eigenvalue weighted by Crippen LogP contribution is -2.39. The Labute approximate surface area is 151 Å². The number of nitrogens with zero attached hydrogens (tertiary/aromatic N) is 2. The summed E-state index contributed by atoms with van der Waals surface area (Å²) in [5.41, 5.74) is 0. The maximum absolute atomic E-state index is 11.5. The molecule has 1 aliphatic carbocycles. The highest BCUT2D eigenvalue weighted by Gasteiger charge is 2.14. The molecule has 0 atom stereocenters. The minimum absolute atomic E-state index is 0. The first-order valence-corrected chi connectivity index (χ1v) is 7.97. The molecule has 0 bridgehead atoms. The molecule has 2 N–H and O–H groups in total. The van der Waals surface area contributed by atoms with Gasteiger partial charge in [0.2, 0.25) is 5.91 Å². The van der Waals surface area contributed by atoms with Crippen molar-refractivity contribution >= 4 is 35.8 Å². The number of rotatable bonds is 8. The Morgan fingerprint density at radius 1 is 1.27 bits per heavy atom. The maximum atomic E-state index is 11.5. The highest BCUT2D eigenvalue weighted by Crippen LogP contribution is 2.20. The fraction of sp³-hybridized carbons (Fsp3) is 0.867. The fourth-order valence-corrected chi connectivity index (χ4v) is 2.21. The molecular weight excluding hydrogens is 395 g/mol. The zero-order chi connectivity index (χ0) is 15.5. The van der Waals surface area contributed by atoms with Gasteiger partial charge in [0.1, 0.15) is 6.54 Å². The van der Waals surface area contributed by atoms with E-state index in [0.29, 0.717) is 12.1 Å². The van der Waals surface area contributed by atoms with Gasteiger partial charge >= 0.3 is 0 Å². The van der Waals surface area contributed by atoms with Gasteiger partial charge in [-0.15, -0.1) is 24.0 Å². The number of ether oxygens (including phenoxy) is 1. The average molecular weight is 426 g/mol. The number of hydrogen-bond donors (Lipinski definition) is 2. The van der Waals surface area contributed by atoms with Crippen LogP contribution in [0.25, 0.3) is 0 Å². The Balaban J connectivity index is 0.00000441. The second-order valence-electron chi connectivity index (χ2n) is 5.54. The minimum atomic E-state index is -0.00299. The standard InChI is InChI=1S/C15H30N4O2.HI/c1-4-16-15(18-12-14(20)19(2)3)17-10-7-11-21-13-8-5-6-9-13;/h13H,4-12H2,1-3H3,(H2,16,17,18);1H. The van der Waals surface area contributed by atoms with Crippen molar-refractivity contribution in [3.05, 3.63) is 0 Å². The number of likely N-dealkylation sites (N-methyl/N-ethyl adjacent to an activating group) is 1. The van der Waals surface area contributed by atoms with E-state index < -0.39 is 0 Å². The summed E-state index contributed by atoms with van der Waals surface area (Å²) in [6.07, 6.45) is 6.46. The van der Waals surface area contributed by atoms with E-state index in [9.17, 15) is 4.79 Å². The summed E-state index contributed by atoms with van der Waals surface area (Å²) in [7, 11) is 3.47. The quantitative estimate of drug-likeness (QED) is 0.268. The molecule has 22 heavy (non-hydrogen) atoms. The number of carbonyl (C=O) groups is 1. The van der Waals surface area contributed by atoms with E-state index in [-0.39, 0.29) is 36.4 Å². The first kappa shape index (κ1) is 21.4. The van der Waals surface area contributed by atoms with Gasteiger partial charge in [-0.25, -0.2) is 4.99 Å². The van der Waals surface area contributed by atoms with Crippen molar-refractivity contribution in [1.82, 2.24) is 15.5 Å². The molecule has 1 aliphatic rings. The molecule has 0 aromatic heterocycles. The normalized spacial score (nSPS) is 15.3. The van der Waals surface area contributed by atoms with Gasteiger partial charge < -0.3 is 20.3 Å². The lowest BCUT2D eigenvalue weighted by atomic mass is 10.3. The zero-order valence-electron chi connectivity index (χ0n) is 14.1. The Morgan fingerprint density at radius 3 is 2.55 bits per heavy atom. The van der Waals surface area contributed by atoms with E-state index >= 15 is 0 Å². The van der Waals surface area contributed by atoms with Gasteiger partial charge in [0, 0.05) is 33.8 Å². The monoisotopic (exact) mass is 426 g/mol. The molecule has 0 unspecified atom stereocenters. The number of amides is 1. The lowest BCUT2D eigenvalue weighted by Gasteiger charge is -2.14. The Bertz CT molecular complexity index is 332. The summed E-state index contributed by atoms with van der Waals surface area (Å²) in [5, 5.41) is 6.36. The van der Waals surface area contributed by atoms with Gasteiger partial charge in [0.05, 0.1) is 6.10 Å². The highest BCUT2D eigenvalue weighted by molar-refractivity contribution is 14.0. The summed E-state index contributed by atoms with van der Waals surface area (Å²) in [6.45, 7) is 4.54. The summed E-state index contributed by atoms with van der Waals surface area (Å²) >= 11 is 0. The van der Waals surface area contributed by atoms with Gasteiger partial charge in [-0.05, 0) is 26.2 Å². The third-order valence-electron chi connectivity index (χ3n) is 3.48. The molecule has 130 valence electrons. The number of nitrogens with one attached hydrogen (secondary N) is 2. The summed E-state index contributed by atoms with van der Waals surface area (Å²) in [6, 6.07) is 0. The van der Waals surface area contributed by atoms with E-state index in [0.717, 1.165) is 26.1 Å². The van der Waals surface area contributed by atoms with E-state index in [2.05, 4.69) is 15.6 Å². The average Bonchev–Trinajstić information content (AvgIpc) is 2.96. The van der Waals surface area contributed by atoms with Crippen molar-refractivity contribution in [2.75, 3.05) is 40.3 Å². The van der Waals surface area contributed by atoms with Crippen LogP contribution in [0.5, 0.6) is 0 Å². The number of hydrogen-bond acceptors (Lipinski definition) is 3.